The predicted octanol–water partition coefficient (Wildman–Crippen LogP) is 4.08. The number of aromatic hydroxyl groups is 1. The summed E-state index contributed by atoms with van der Waals surface area (Å²) in [6, 6.07) is 5.14. The normalized spacial score (nSPS) is 18.2. The third kappa shape index (κ3) is 5.88. The van der Waals surface area contributed by atoms with Gasteiger partial charge in [-0.2, -0.15) is 0 Å². The van der Waals surface area contributed by atoms with Crippen LogP contribution in [0.3, 0.4) is 0 Å². The maximum atomic E-state index is 11.6. The molecule has 1 aliphatic carbocycles. The van der Waals surface area contributed by atoms with E-state index in [2.05, 4.69) is 37.5 Å². The van der Waals surface area contributed by atoms with Crippen LogP contribution in [0.5, 0.6) is 5.75 Å². The van der Waals surface area contributed by atoms with Crippen LogP contribution in [0.15, 0.2) is 42.0 Å². The lowest BCUT2D eigenvalue weighted by molar-refractivity contribution is -0.110. The first-order chi connectivity index (χ1) is 13.0. The number of rotatable bonds is 6. The SMILES string of the molecule is CCCCC1=CC(=O)C=CC1(O)C#CC#Cc1ccc(O)cc1CCCC. The Bertz CT molecular complexity index is 868. The number of carbonyl (C=O) groups is 1. The molecule has 1 atom stereocenters. The van der Waals surface area contributed by atoms with E-state index in [0.29, 0.717) is 12.0 Å². The van der Waals surface area contributed by atoms with Crippen LogP contribution >= 0.6 is 0 Å². The number of carbonyl (C=O) groups excluding carboxylic acids is 1. The lowest BCUT2D eigenvalue weighted by Gasteiger charge is -2.24. The highest BCUT2D eigenvalue weighted by atomic mass is 16.3. The lowest BCUT2D eigenvalue weighted by atomic mass is 9.85. The first-order valence-corrected chi connectivity index (χ1v) is 9.50. The van der Waals surface area contributed by atoms with Gasteiger partial charge in [-0.15, -0.1) is 0 Å². The summed E-state index contributed by atoms with van der Waals surface area (Å²) in [6.45, 7) is 4.18. The molecule has 140 valence electrons. The van der Waals surface area contributed by atoms with Crippen LogP contribution < -0.4 is 0 Å². The Kier molecular flexibility index (Phi) is 7.47. The zero-order chi connectivity index (χ0) is 19.7. The van der Waals surface area contributed by atoms with Gasteiger partial charge < -0.3 is 10.2 Å². The van der Waals surface area contributed by atoms with Gasteiger partial charge in [-0.25, -0.2) is 0 Å². The van der Waals surface area contributed by atoms with E-state index in [-0.39, 0.29) is 11.5 Å². The third-order valence-electron chi connectivity index (χ3n) is 4.50. The highest BCUT2D eigenvalue weighted by Crippen LogP contribution is 2.26. The highest BCUT2D eigenvalue weighted by molar-refractivity contribution is 6.01. The van der Waals surface area contributed by atoms with Crippen LogP contribution in [-0.4, -0.2) is 21.6 Å². The fraction of sp³-hybridized carbons (Fsp3) is 0.375. The molecule has 3 nitrogen and oxygen atoms in total. The molecule has 2 N–H and O–H groups in total. The molecule has 0 aromatic heterocycles. The summed E-state index contributed by atoms with van der Waals surface area (Å²) in [5.41, 5.74) is 1.02. The molecule has 3 heteroatoms. The summed E-state index contributed by atoms with van der Waals surface area (Å²) in [7, 11) is 0. The Hall–Kier alpha value is -2.75. The first kappa shape index (κ1) is 20.6. The number of hydrogen-bond acceptors (Lipinski definition) is 3. The van der Waals surface area contributed by atoms with E-state index in [9.17, 15) is 15.0 Å². The summed E-state index contributed by atoms with van der Waals surface area (Å²) in [5, 5.41) is 20.5. The van der Waals surface area contributed by atoms with Gasteiger partial charge in [0.15, 0.2) is 11.4 Å². The van der Waals surface area contributed by atoms with E-state index < -0.39 is 5.60 Å². The van der Waals surface area contributed by atoms with Crippen LogP contribution in [-0.2, 0) is 11.2 Å². The molecule has 1 aromatic rings. The first-order valence-electron chi connectivity index (χ1n) is 9.50. The molecular weight excluding hydrogens is 336 g/mol. The van der Waals surface area contributed by atoms with Crippen molar-refractivity contribution < 1.29 is 15.0 Å². The number of allylic oxidation sites excluding steroid dienone is 2. The Morgan fingerprint density at radius 2 is 1.81 bits per heavy atom. The molecular formula is C24H26O3. The number of hydrogen-bond donors (Lipinski definition) is 2. The summed E-state index contributed by atoms with van der Waals surface area (Å²) < 4.78 is 0. The van der Waals surface area contributed by atoms with Gasteiger partial charge in [0.25, 0.3) is 0 Å². The van der Waals surface area contributed by atoms with Gasteiger partial charge in [0.2, 0.25) is 0 Å². The third-order valence-corrected chi connectivity index (χ3v) is 4.50. The summed E-state index contributed by atoms with van der Waals surface area (Å²) in [5.74, 6) is 11.5. The van der Waals surface area contributed by atoms with Gasteiger partial charge in [-0.3, -0.25) is 4.79 Å². The topological polar surface area (TPSA) is 57.5 Å². The molecule has 0 saturated carbocycles. The molecule has 1 unspecified atom stereocenters. The molecule has 0 spiro atoms. The number of unbranched alkanes of at least 4 members (excludes halogenated alkanes) is 2. The Labute approximate surface area is 161 Å². The maximum absolute atomic E-state index is 11.6. The number of ketones is 1. The van der Waals surface area contributed by atoms with Crippen molar-refractivity contribution >= 4 is 5.78 Å². The Morgan fingerprint density at radius 3 is 2.56 bits per heavy atom. The van der Waals surface area contributed by atoms with E-state index in [4.69, 9.17) is 0 Å². The average Bonchev–Trinajstić information content (AvgIpc) is 2.65. The van der Waals surface area contributed by atoms with Crippen LogP contribution in [0, 0.1) is 23.7 Å². The minimum atomic E-state index is -1.43. The van der Waals surface area contributed by atoms with E-state index in [1.807, 2.05) is 0 Å². The van der Waals surface area contributed by atoms with Crippen molar-refractivity contribution in [3.8, 4) is 29.4 Å². The van der Waals surface area contributed by atoms with Crippen molar-refractivity contribution in [2.75, 3.05) is 0 Å². The van der Waals surface area contributed by atoms with Gasteiger partial charge in [0.1, 0.15) is 5.75 Å². The van der Waals surface area contributed by atoms with E-state index in [1.165, 1.54) is 18.2 Å². The van der Waals surface area contributed by atoms with Gasteiger partial charge in [-0.05, 0) is 91.0 Å². The zero-order valence-electron chi connectivity index (χ0n) is 16.0. The van der Waals surface area contributed by atoms with Crippen molar-refractivity contribution in [1.29, 1.82) is 0 Å². The second-order valence-electron chi connectivity index (χ2n) is 6.72. The van der Waals surface area contributed by atoms with Crippen molar-refractivity contribution in [2.24, 2.45) is 0 Å². The number of aryl methyl sites for hydroxylation is 1. The van der Waals surface area contributed by atoms with Crippen LogP contribution in [0.1, 0.15) is 57.1 Å². The molecule has 0 saturated heterocycles. The van der Waals surface area contributed by atoms with Crippen molar-refractivity contribution in [3.63, 3.8) is 0 Å². The molecule has 0 amide bonds. The number of phenolic OH excluding ortho intramolecular Hbond substituents is 1. The summed E-state index contributed by atoms with van der Waals surface area (Å²) in [4.78, 5) is 11.6. The summed E-state index contributed by atoms with van der Waals surface area (Å²) in [6.07, 6.45) is 9.69. The fourth-order valence-electron chi connectivity index (χ4n) is 2.89. The quantitative estimate of drug-likeness (QED) is 0.750. The van der Waals surface area contributed by atoms with Gasteiger partial charge in [-0.1, -0.05) is 32.6 Å². The number of aliphatic hydroxyl groups is 1. The van der Waals surface area contributed by atoms with Crippen LogP contribution in [0.2, 0.25) is 0 Å². The monoisotopic (exact) mass is 362 g/mol. The number of phenols is 1. The largest absolute Gasteiger partial charge is 0.508 e. The lowest BCUT2D eigenvalue weighted by Crippen LogP contribution is -2.30. The number of benzene rings is 1. The Balaban J connectivity index is 2.23. The minimum absolute atomic E-state index is 0.122. The van der Waals surface area contributed by atoms with E-state index >= 15 is 0 Å². The molecule has 27 heavy (non-hydrogen) atoms. The average molecular weight is 362 g/mol. The minimum Gasteiger partial charge on any atom is -0.508 e. The standard InChI is InChI=1S/C24H26O3/c1-3-5-9-20-17-22(25)13-12-19(20)10-7-8-15-24(27)16-14-23(26)18-21(24)11-6-4-2/h12-14,16-18,25,27H,3-6,9,11H2,1-2H3. The summed E-state index contributed by atoms with van der Waals surface area (Å²) >= 11 is 0. The molecule has 1 aliphatic rings. The van der Waals surface area contributed by atoms with Crippen LogP contribution in [0.4, 0.5) is 0 Å². The van der Waals surface area contributed by atoms with Crippen molar-refractivity contribution in [1.82, 2.24) is 0 Å². The molecule has 0 aliphatic heterocycles. The highest BCUT2D eigenvalue weighted by Gasteiger charge is 2.29. The maximum Gasteiger partial charge on any atom is 0.178 e. The van der Waals surface area contributed by atoms with E-state index in [1.54, 1.807) is 18.2 Å². The second-order valence-corrected chi connectivity index (χ2v) is 6.72. The molecule has 1 aromatic carbocycles. The molecule has 2 rings (SSSR count). The second kappa shape index (κ2) is 9.81. The van der Waals surface area contributed by atoms with Gasteiger partial charge in [0.05, 0.1) is 0 Å². The Morgan fingerprint density at radius 1 is 1.07 bits per heavy atom. The molecule has 0 heterocycles. The molecule has 0 radical (unpaired) electrons. The van der Waals surface area contributed by atoms with Gasteiger partial charge in [0, 0.05) is 5.56 Å². The van der Waals surface area contributed by atoms with Gasteiger partial charge >= 0.3 is 0 Å². The predicted molar refractivity (Wildman–Crippen MR) is 108 cm³/mol. The van der Waals surface area contributed by atoms with Crippen molar-refractivity contribution in [3.05, 3.63) is 53.1 Å². The van der Waals surface area contributed by atoms with E-state index in [0.717, 1.165) is 43.2 Å². The smallest absolute Gasteiger partial charge is 0.178 e. The van der Waals surface area contributed by atoms with Crippen LogP contribution in [0.25, 0.3) is 0 Å². The van der Waals surface area contributed by atoms with Crippen molar-refractivity contribution in [2.45, 2.75) is 58.0 Å². The fourth-order valence-corrected chi connectivity index (χ4v) is 2.89. The zero-order valence-corrected chi connectivity index (χ0v) is 16.0. The molecule has 0 fully saturated rings. The molecule has 0 bridgehead atoms.